The molecular formula is C12H17NO2. The van der Waals surface area contributed by atoms with Gasteiger partial charge in [-0.1, -0.05) is 30.3 Å². The summed E-state index contributed by atoms with van der Waals surface area (Å²) in [6.45, 7) is 6.14. The quantitative estimate of drug-likeness (QED) is 0.732. The molecule has 0 spiro atoms. The Morgan fingerprint density at radius 1 is 1.40 bits per heavy atom. The lowest BCUT2D eigenvalue weighted by molar-refractivity contribution is 0.0714. The van der Waals surface area contributed by atoms with Crippen molar-refractivity contribution in [2.45, 2.75) is 12.1 Å². The zero-order chi connectivity index (χ0) is 11.1. The normalized spacial score (nSPS) is 14.9. The zero-order valence-electron chi connectivity index (χ0n) is 8.89. The van der Waals surface area contributed by atoms with Gasteiger partial charge in [0.1, 0.15) is 0 Å². The van der Waals surface area contributed by atoms with Crippen LogP contribution in [0.25, 0.3) is 0 Å². The van der Waals surface area contributed by atoms with E-state index in [1.165, 1.54) is 0 Å². The number of benzene rings is 1. The minimum atomic E-state index is -0.602. The van der Waals surface area contributed by atoms with Crippen LogP contribution in [-0.4, -0.2) is 31.4 Å². The molecule has 82 valence electrons. The van der Waals surface area contributed by atoms with E-state index in [1.54, 1.807) is 7.11 Å². The van der Waals surface area contributed by atoms with Gasteiger partial charge in [-0.15, -0.1) is 0 Å². The van der Waals surface area contributed by atoms with E-state index >= 15 is 0 Å². The average Bonchev–Trinajstić information content (AvgIpc) is 2.29. The highest BCUT2D eigenvalue weighted by Crippen LogP contribution is 2.16. The third kappa shape index (κ3) is 3.63. The van der Waals surface area contributed by atoms with Crippen LogP contribution < -0.4 is 5.32 Å². The molecule has 0 saturated carbocycles. The minimum absolute atomic E-state index is 0.178. The van der Waals surface area contributed by atoms with Crippen LogP contribution in [0, 0.1) is 6.92 Å². The van der Waals surface area contributed by atoms with Crippen LogP contribution in [0.5, 0.6) is 0 Å². The molecule has 0 aromatic heterocycles. The summed E-state index contributed by atoms with van der Waals surface area (Å²) in [5.74, 6) is 0. The number of hydrogen-bond acceptors (Lipinski definition) is 3. The molecule has 0 aliphatic heterocycles. The van der Waals surface area contributed by atoms with Gasteiger partial charge in [-0.2, -0.15) is 0 Å². The second kappa shape index (κ2) is 6.56. The Morgan fingerprint density at radius 2 is 2.07 bits per heavy atom. The predicted molar refractivity (Wildman–Crippen MR) is 59.4 cm³/mol. The monoisotopic (exact) mass is 207 g/mol. The van der Waals surface area contributed by atoms with Crippen molar-refractivity contribution >= 4 is 0 Å². The lowest BCUT2D eigenvalue weighted by Crippen LogP contribution is -2.38. The molecule has 0 bridgehead atoms. The molecule has 0 fully saturated rings. The van der Waals surface area contributed by atoms with Crippen molar-refractivity contribution in [3.05, 3.63) is 42.8 Å². The number of aliphatic hydroxyl groups is 1. The number of ether oxygens (including phenoxy) is 1. The second-order valence-electron chi connectivity index (χ2n) is 3.33. The fraction of sp³-hybridized carbons (Fsp3) is 0.417. The topological polar surface area (TPSA) is 41.5 Å². The van der Waals surface area contributed by atoms with E-state index in [9.17, 15) is 5.11 Å². The smallest absolute Gasteiger partial charge is 0.0965 e. The van der Waals surface area contributed by atoms with Crippen molar-refractivity contribution in [2.75, 3.05) is 20.3 Å². The predicted octanol–water partition coefficient (Wildman–Crippen LogP) is 1.04. The first-order valence-corrected chi connectivity index (χ1v) is 4.95. The number of methoxy groups -OCH3 is 1. The van der Waals surface area contributed by atoms with Crippen molar-refractivity contribution in [1.29, 1.82) is 0 Å². The fourth-order valence-corrected chi connectivity index (χ4v) is 1.48. The van der Waals surface area contributed by atoms with Crippen LogP contribution in [0.4, 0.5) is 0 Å². The summed E-state index contributed by atoms with van der Waals surface area (Å²) in [4.78, 5) is 0. The number of rotatable bonds is 6. The lowest BCUT2D eigenvalue weighted by atomic mass is 10.0. The Kier molecular flexibility index (Phi) is 5.32. The molecule has 2 N–H and O–H groups in total. The molecule has 3 heteroatoms. The fourth-order valence-electron chi connectivity index (χ4n) is 1.48. The van der Waals surface area contributed by atoms with Crippen molar-refractivity contribution in [3.8, 4) is 0 Å². The largest absolute Gasteiger partial charge is 0.387 e. The lowest BCUT2D eigenvalue weighted by Gasteiger charge is -2.23. The van der Waals surface area contributed by atoms with E-state index in [0.717, 1.165) is 5.56 Å². The van der Waals surface area contributed by atoms with Crippen molar-refractivity contribution < 1.29 is 9.84 Å². The van der Waals surface area contributed by atoms with Gasteiger partial charge >= 0.3 is 0 Å². The van der Waals surface area contributed by atoms with E-state index in [4.69, 9.17) is 11.7 Å². The van der Waals surface area contributed by atoms with Gasteiger partial charge in [0.15, 0.2) is 0 Å². The molecule has 3 nitrogen and oxygen atoms in total. The minimum Gasteiger partial charge on any atom is -0.387 e. The van der Waals surface area contributed by atoms with E-state index in [0.29, 0.717) is 13.2 Å². The summed E-state index contributed by atoms with van der Waals surface area (Å²) in [6.07, 6.45) is -0.602. The van der Waals surface area contributed by atoms with E-state index in [2.05, 4.69) is 5.32 Å². The van der Waals surface area contributed by atoms with Gasteiger partial charge < -0.3 is 15.2 Å². The van der Waals surface area contributed by atoms with E-state index in [1.807, 2.05) is 30.3 Å². The highest BCUT2D eigenvalue weighted by atomic mass is 16.5. The second-order valence-corrected chi connectivity index (χ2v) is 3.33. The summed E-state index contributed by atoms with van der Waals surface area (Å²) >= 11 is 0. The van der Waals surface area contributed by atoms with Crippen LogP contribution in [0.15, 0.2) is 30.3 Å². The maximum atomic E-state index is 10.0. The Labute approximate surface area is 91.1 Å². The summed E-state index contributed by atoms with van der Waals surface area (Å²) in [5, 5.41) is 13.0. The van der Waals surface area contributed by atoms with Gasteiger partial charge in [0.05, 0.1) is 18.8 Å². The van der Waals surface area contributed by atoms with E-state index in [-0.39, 0.29) is 6.04 Å². The molecule has 0 saturated heterocycles. The van der Waals surface area contributed by atoms with Crippen molar-refractivity contribution in [1.82, 2.24) is 5.32 Å². The van der Waals surface area contributed by atoms with Gasteiger partial charge in [0, 0.05) is 7.11 Å². The maximum Gasteiger partial charge on any atom is 0.0965 e. The Bertz CT molecular complexity index is 258. The van der Waals surface area contributed by atoms with Gasteiger partial charge in [-0.25, -0.2) is 0 Å². The summed E-state index contributed by atoms with van der Waals surface area (Å²) in [5.41, 5.74) is 0.862. The molecule has 1 aromatic carbocycles. The van der Waals surface area contributed by atoms with Gasteiger partial charge in [-0.05, 0) is 19.0 Å². The average molecular weight is 207 g/mol. The summed E-state index contributed by atoms with van der Waals surface area (Å²) < 4.78 is 5.02. The van der Waals surface area contributed by atoms with Gasteiger partial charge in [0.2, 0.25) is 0 Å². The number of hydrogen-bond donors (Lipinski definition) is 2. The standard InChI is InChI=1S/C12H17NO2/c1-3-13-11(9-15-2)12(14)10-7-5-4-6-8-10/h1,4-8,11-14H,3,9H2,2H3/t11-,12?/m1/s1. The third-order valence-electron chi connectivity index (χ3n) is 2.25. The van der Waals surface area contributed by atoms with Crippen LogP contribution >= 0.6 is 0 Å². The molecule has 1 rings (SSSR count). The molecule has 15 heavy (non-hydrogen) atoms. The molecule has 1 unspecified atom stereocenters. The Hall–Kier alpha value is -0.900. The zero-order valence-corrected chi connectivity index (χ0v) is 8.89. The first kappa shape index (κ1) is 12.2. The molecule has 2 radical (unpaired) electrons. The molecular weight excluding hydrogens is 190 g/mol. The van der Waals surface area contributed by atoms with Crippen LogP contribution in [0.3, 0.4) is 0 Å². The maximum absolute atomic E-state index is 10.0. The first-order chi connectivity index (χ1) is 7.29. The number of aliphatic hydroxyl groups excluding tert-OH is 1. The Balaban J connectivity index is 2.67. The molecule has 1 aromatic rings. The Morgan fingerprint density at radius 3 is 2.60 bits per heavy atom. The van der Waals surface area contributed by atoms with Gasteiger partial charge in [-0.3, -0.25) is 0 Å². The van der Waals surface area contributed by atoms with E-state index < -0.39 is 6.10 Å². The van der Waals surface area contributed by atoms with Crippen molar-refractivity contribution in [3.63, 3.8) is 0 Å². The van der Waals surface area contributed by atoms with Crippen LogP contribution in [0.1, 0.15) is 11.7 Å². The first-order valence-electron chi connectivity index (χ1n) is 4.95. The molecule has 2 atom stereocenters. The highest BCUT2D eigenvalue weighted by Gasteiger charge is 2.19. The molecule has 0 aliphatic rings. The van der Waals surface area contributed by atoms with Crippen LogP contribution in [0.2, 0.25) is 0 Å². The molecule has 0 heterocycles. The SMILES string of the molecule is [CH]CN[C@H](COC)C(O)c1ccccc1. The summed E-state index contributed by atoms with van der Waals surface area (Å²) in [6, 6.07) is 9.28. The van der Waals surface area contributed by atoms with Gasteiger partial charge in [0.25, 0.3) is 0 Å². The third-order valence-corrected chi connectivity index (χ3v) is 2.25. The van der Waals surface area contributed by atoms with Crippen LogP contribution in [-0.2, 0) is 4.74 Å². The van der Waals surface area contributed by atoms with Crippen molar-refractivity contribution in [2.24, 2.45) is 0 Å². The summed E-state index contributed by atoms with van der Waals surface area (Å²) in [7, 11) is 1.60. The molecule has 0 aliphatic carbocycles. The number of nitrogens with one attached hydrogen (secondary N) is 1. The molecule has 0 amide bonds. The highest BCUT2D eigenvalue weighted by molar-refractivity contribution is 5.18.